The molecule has 0 fully saturated rings. The maximum absolute atomic E-state index is 9.21. The minimum atomic E-state index is -0.238. The van der Waals surface area contributed by atoms with Gasteiger partial charge in [0.25, 0.3) is 0 Å². The second kappa shape index (κ2) is 4.13. The molecule has 0 bridgehead atoms. The molecule has 1 unspecified atom stereocenters. The number of aliphatic hydroxyl groups is 1. The molecule has 0 amide bonds. The number of aromatic amines is 1. The maximum atomic E-state index is 9.21. The Morgan fingerprint density at radius 2 is 2.14 bits per heavy atom. The topological polar surface area (TPSA) is 48.9 Å². The molecule has 2 N–H and O–H groups in total. The van der Waals surface area contributed by atoms with Crippen molar-refractivity contribution in [2.75, 3.05) is 0 Å². The van der Waals surface area contributed by atoms with E-state index in [0.29, 0.717) is 0 Å². The first-order chi connectivity index (χ1) is 6.41. The second-order valence-electron chi connectivity index (χ2n) is 4.91. The predicted octanol–water partition coefficient (Wildman–Crippen LogP) is 2.02. The van der Waals surface area contributed by atoms with Gasteiger partial charge in [0.2, 0.25) is 0 Å². The predicted molar refractivity (Wildman–Crippen MR) is 57.3 cm³/mol. The number of aromatic nitrogens is 2. The zero-order valence-electron chi connectivity index (χ0n) is 9.46. The van der Waals surface area contributed by atoms with E-state index in [1.54, 1.807) is 0 Å². The smallest absolute Gasteiger partial charge is 0.0522 e. The molecule has 0 saturated carbocycles. The molecule has 80 valence electrons. The third-order valence-electron chi connectivity index (χ3n) is 2.30. The van der Waals surface area contributed by atoms with Gasteiger partial charge in [-0.1, -0.05) is 20.8 Å². The number of aryl methyl sites for hydroxylation is 1. The van der Waals surface area contributed by atoms with Crippen LogP contribution in [0.25, 0.3) is 0 Å². The zero-order valence-corrected chi connectivity index (χ0v) is 9.46. The molecule has 3 heteroatoms. The van der Waals surface area contributed by atoms with Crippen LogP contribution in [-0.4, -0.2) is 21.4 Å². The monoisotopic (exact) mass is 196 g/mol. The van der Waals surface area contributed by atoms with Crippen LogP contribution in [0.4, 0.5) is 0 Å². The summed E-state index contributed by atoms with van der Waals surface area (Å²) in [6, 6.07) is 0. The molecule has 0 saturated heterocycles. The molecular formula is C11H20N2O. The fraction of sp³-hybridized carbons (Fsp3) is 0.727. The lowest BCUT2D eigenvalue weighted by Gasteiger charge is -2.18. The van der Waals surface area contributed by atoms with Gasteiger partial charge in [-0.2, -0.15) is 5.10 Å². The summed E-state index contributed by atoms with van der Waals surface area (Å²) in [7, 11) is 0. The zero-order chi connectivity index (χ0) is 10.8. The van der Waals surface area contributed by atoms with Crippen LogP contribution in [0.1, 0.15) is 45.4 Å². The van der Waals surface area contributed by atoms with E-state index in [1.165, 1.54) is 11.3 Å². The average molecular weight is 196 g/mol. The van der Waals surface area contributed by atoms with Crippen LogP contribution in [0, 0.1) is 0 Å². The first-order valence-electron chi connectivity index (χ1n) is 5.12. The van der Waals surface area contributed by atoms with Gasteiger partial charge in [0, 0.05) is 11.1 Å². The average Bonchev–Trinajstić information content (AvgIpc) is 2.46. The molecule has 1 atom stereocenters. The van der Waals surface area contributed by atoms with Gasteiger partial charge in [-0.05, 0) is 25.3 Å². The summed E-state index contributed by atoms with van der Waals surface area (Å²) in [5.41, 5.74) is 2.50. The van der Waals surface area contributed by atoms with Crippen molar-refractivity contribution >= 4 is 0 Å². The van der Waals surface area contributed by atoms with Crippen LogP contribution < -0.4 is 0 Å². The van der Waals surface area contributed by atoms with E-state index in [2.05, 4.69) is 31.0 Å². The van der Waals surface area contributed by atoms with E-state index < -0.39 is 0 Å². The molecular weight excluding hydrogens is 176 g/mol. The van der Waals surface area contributed by atoms with Crippen LogP contribution in [-0.2, 0) is 11.8 Å². The maximum Gasteiger partial charge on any atom is 0.0522 e. The Labute approximate surface area is 85.5 Å². The van der Waals surface area contributed by atoms with Crippen LogP contribution in [0.2, 0.25) is 0 Å². The van der Waals surface area contributed by atoms with Gasteiger partial charge in [0.15, 0.2) is 0 Å². The lowest BCUT2D eigenvalue weighted by atomic mass is 9.88. The highest BCUT2D eigenvalue weighted by atomic mass is 16.3. The van der Waals surface area contributed by atoms with Crippen molar-refractivity contribution in [1.29, 1.82) is 0 Å². The van der Waals surface area contributed by atoms with Crippen molar-refractivity contribution in [3.63, 3.8) is 0 Å². The fourth-order valence-corrected chi connectivity index (χ4v) is 1.51. The van der Waals surface area contributed by atoms with E-state index in [1.807, 2.05) is 13.1 Å². The number of rotatable bonds is 3. The standard InChI is InChI=1S/C11H20N2O/c1-8(14)5-6-9-7-12-13-10(9)11(2,3)4/h7-8,14H,5-6H2,1-4H3,(H,12,13). The Hall–Kier alpha value is -0.830. The van der Waals surface area contributed by atoms with Crippen LogP contribution in [0.5, 0.6) is 0 Å². The molecule has 1 aromatic heterocycles. The van der Waals surface area contributed by atoms with Crippen molar-refractivity contribution in [3.05, 3.63) is 17.5 Å². The Bertz CT molecular complexity index is 284. The van der Waals surface area contributed by atoms with Gasteiger partial charge in [-0.3, -0.25) is 5.10 Å². The molecule has 0 aromatic carbocycles. The van der Waals surface area contributed by atoms with Gasteiger partial charge < -0.3 is 5.11 Å². The van der Waals surface area contributed by atoms with Crippen LogP contribution in [0.15, 0.2) is 6.20 Å². The highest BCUT2D eigenvalue weighted by Crippen LogP contribution is 2.24. The lowest BCUT2D eigenvalue weighted by molar-refractivity contribution is 0.184. The van der Waals surface area contributed by atoms with Crippen LogP contribution >= 0.6 is 0 Å². The van der Waals surface area contributed by atoms with Crippen molar-refractivity contribution in [2.24, 2.45) is 0 Å². The molecule has 0 aliphatic rings. The summed E-state index contributed by atoms with van der Waals surface area (Å²) < 4.78 is 0. The Morgan fingerprint density at radius 1 is 1.50 bits per heavy atom. The van der Waals surface area contributed by atoms with Crippen molar-refractivity contribution in [2.45, 2.75) is 52.1 Å². The quantitative estimate of drug-likeness (QED) is 0.777. The molecule has 1 rings (SSSR count). The summed E-state index contributed by atoms with van der Waals surface area (Å²) in [6.07, 6.45) is 3.31. The van der Waals surface area contributed by atoms with E-state index in [4.69, 9.17) is 0 Å². The summed E-state index contributed by atoms with van der Waals surface area (Å²) in [4.78, 5) is 0. The van der Waals surface area contributed by atoms with Gasteiger partial charge in [-0.25, -0.2) is 0 Å². The normalized spacial score (nSPS) is 14.4. The Kier molecular flexibility index (Phi) is 3.32. The molecule has 0 radical (unpaired) electrons. The number of hydrogen-bond acceptors (Lipinski definition) is 2. The Morgan fingerprint density at radius 3 is 2.64 bits per heavy atom. The highest BCUT2D eigenvalue weighted by molar-refractivity contribution is 5.23. The van der Waals surface area contributed by atoms with Crippen LogP contribution in [0.3, 0.4) is 0 Å². The molecule has 1 heterocycles. The van der Waals surface area contributed by atoms with Gasteiger partial charge in [0.05, 0.1) is 12.3 Å². The summed E-state index contributed by atoms with van der Waals surface area (Å²) in [5.74, 6) is 0. The molecule has 0 spiro atoms. The van der Waals surface area contributed by atoms with Crippen molar-refractivity contribution in [3.8, 4) is 0 Å². The summed E-state index contributed by atoms with van der Waals surface area (Å²) in [6.45, 7) is 8.29. The Balaban J connectivity index is 2.73. The summed E-state index contributed by atoms with van der Waals surface area (Å²) >= 11 is 0. The lowest BCUT2D eigenvalue weighted by Crippen LogP contribution is -2.15. The number of nitrogens with one attached hydrogen (secondary N) is 1. The second-order valence-corrected chi connectivity index (χ2v) is 4.91. The molecule has 0 aliphatic heterocycles. The van der Waals surface area contributed by atoms with E-state index in [0.717, 1.165) is 12.8 Å². The minimum absolute atomic E-state index is 0.102. The molecule has 0 aliphatic carbocycles. The first kappa shape index (κ1) is 11.2. The number of aliphatic hydroxyl groups excluding tert-OH is 1. The minimum Gasteiger partial charge on any atom is -0.393 e. The third kappa shape index (κ3) is 2.84. The van der Waals surface area contributed by atoms with E-state index >= 15 is 0 Å². The highest BCUT2D eigenvalue weighted by Gasteiger charge is 2.19. The van der Waals surface area contributed by atoms with Crippen molar-refractivity contribution < 1.29 is 5.11 Å². The van der Waals surface area contributed by atoms with E-state index in [-0.39, 0.29) is 11.5 Å². The van der Waals surface area contributed by atoms with Gasteiger partial charge >= 0.3 is 0 Å². The molecule has 1 aromatic rings. The third-order valence-corrected chi connectivity index (χ3v) is 2.30. The summed E-state index contributed by atoms with van der Waals surface area (Å²) in [5, 5.41) is 16.3. The van der Waals surface area contributed by atoms with E-state index in [9.17, 15) is 5.11 Å². The largest absolute Gasteiger partial charge is 0.393 e. The molecule has 14 heavy (non-hydrogen) atoms. The SMILES string of the molecule is CC(O)CCc1cn[nH]c1C(C)(C)C. The molecule has 3 nitrogen and oxygen atoms in total. The number of hydrogen-bond donors (Lipinski definition) is 2. The van der Waals surface area contributed by atoms with Gasteiger partial charge in [-0.15, -0.1) is 0 Å². The van der Waals surface area contributed by atoms with Crippen molar-refractivity contribution in [1.82, 2.24) is 10.2 Å². The van der Waals surface area contributed by atoms with Gasteiger partial charge in [0.1, 0.15) is 0 Å². The number of H-pyrrole nitrogens is 1. The fourth-order valence-electron chi connectivity index (χ4n) is 1.51. The first-order valence-corrected chi connectivity index (χ1v) is 5.12. The number of nitrogens with zero attached hydrogens (tertiary/aromatic N) is 1.